The maximum atomic E-state index is 12.3. The molecule has 0 saturated carbocycles. The summed E-state index contributed by atoms with van der Waals surface area (Å²) < 4.78 is 26.9. The van der Waals surface area contributed by atoms with E-state index in [-0.39, 0.29) is 24.2 Å². The third-order valence-corrected chi connectivity index (χ3v) is 5.02. The van der Waals surface area contributed by atoms with Crippen molar-refractivity contribution in [3.8, 4) is 6.07 Å². The standard InChI is InChI=1S/C14H18N2O4S/c1-3-14(4-2,13(17)18)16-21(19,20)12-7-5-11(6-8-12)9-10-15/h5-8,16H,3-4,9H2,1-2H3,(H,17,18). The molecule has 0 heterocycles. The van der Waals surface area contributed by atoms with E-state index in [1.807, 2.05) is 6.07 Å². The predicted octanol–water partition coefficient (Wildman–Crippen LogP) is 1.67. The van der Waals surface area contributed by atoms with Crippen LogP contribution >= 0.6 is 0 Å². The predicted molar refractivity (Wildman–Crippen MR) is 77.0 cm³/mol. The van der Waals surface area contributed by atoms with Crippen molar-refractivity contribution in [2.75, 3.05) is 0 Å². The van der Waals surface area contributed by atoms with Crippen LogP contribution in [-0.2, 0) is 21.2 Å². The van der Waals surface area contributed by atoms with E-state index >= 15 is 0 Å². The number of rotatable bonds is 7. The molecule has 0 aromatic heterocycles. The summed E-state index contributed by atoms with van der Waals surface area (Å²) in [5.74, 6) is -1.20. The van der Waals surface area contributed by atoms with Gasteiger partial charge in [0.25, 0.3) is 0 Å². The highest BCUT2D eigenvalue weighted by molar-refractivity contribution is 7.89. The molecular formula is C14H18N2O4S. The largest absolute Gasteiger partial charge is 0.480 e. The summed E-state index contributed by atoms with van der Waals surface area (Å²) in [4.78, 5) is 11.4. The monoisotopic (exact) mass is 310 g/mol. The summed E-state index contributed by atoms with van der Waals surface area (Å²) in [6.07, 6.45) is 0.478. The van der Waals surface area contributed by atoms with Gasteiger partial charge in [-0.05, 0) is 30.5 Å². The van der Waals surface area contributed by atoms with Crippen molar-refractivity contribution < 1.29 is 18.3 Å². The smallest absolute Gasteiger partial charge is 0.324 e. The first-order valence-corrected chi connectivity index (χ1v) is 8.03. The van der Waals surface area contributed by atoms with Crippen molar-refractivity contribution in [1.82, 2.24) is 4.72 Å². The summed E-state index contributed by atoms with van der Waals surface area (Å²) in [5.41, 5.74) is -0.809. The molecule has 0 amide bonds. The maximum Gasteiger partial charge on any atom is 0.324 e. The van der Waals surface area contributed by atoms with Crippen molar-refractivity contribution in [1.29, 1.82) is 5.26 Å². The number of aliphatic carboxylic acids is 1. The number of carboxylic acid groups (broad SMARTS) is 1. The Balaban J connectivity index is 3.11. The van der Waals surface area contributed by atoms with Crippen LogP contribution in [0.1, 0.15) is 32.3 Å². The minimum atomic E-state index is -3.93. The van der Waals surface area contributed by atoms with E-state index in [4.69, 9.17) is 5.26 Å². The fourth-order valence-corrected chi connectivity index (χ4v) is 3.44. The molecular weight excluding hydrogens is 292 g/mol. The van der Waals surface area contributed by atoms with Crippen molar-refractivity contribution in [3.63, 3.8) is 0 Å². The van der Waals surface area contributed by atoms with Crippen LogP contribution < -0.4 is 4.72 Å². The highest BCUT2D eigenvalue weighted by Gasteiger charge is 2.39. The lowest BCUT2D eigenvalue weighted by atomic mass is 9.95. The summed E-state index contributed by atoms with van der Waals surface area (Å²) in [6, 6.07) is 7.79. The number of carboxylic acids is 1. The van der Waals surface area contributed by atoms with Crippen LogP contribution in [0, 0.1) is 11.3 Å². The number of nitrogens with zero attached hydrogens (tertiary/aromatic N) is 1. The molecule has 0 aliphatic rings. The molecule has 114 valence electrons. The molecule has 0 radical (unpaired) electrons. The Morgan fingerprint density at radius 3 is 2.19 bits per heavy atom. The van der Waals surface area contributed by atoms with E-state index < -0.39 is 21.5 Å². The van der Waals surface area contributed by atoms with Gasteiger partial charge in [-0.25, -0.2) is 8.42 Å². The minimum Gasteiger partial charge on any atom is -0.480 e. The number of sulfonamides is 1. The van der Waals surface area contributed by atoms with Gasteiger partial charge in [0.05, 0.1) is 17.4 Å². The molecule has 1 aromatic carbocycles. The second-order valence-electron chi connectivity index (χ2n) is 4.68. The van der Waals surface area contributed by atoms with Gasteiger partial charge in [0.15, 0.2) is 0 Å². The third kappa shape index (κ3) is 3.80. The lowest BCUT2D eigenvalue weighted by molar-refractivity contribution is -0.144. The zero-order valence-corrected chi connectivity index (χ0v) is 12.8. The second kappa shape index (κ2) is 6.70. The van der Waals surface area contributed by atoms with Crippen LogP contribution in [0.5, 0.6) is 0 Å². The molecule has 21 heavy (non-hydrogen) atoms. The second-order valence-corrected chi connectivity index (χ2v) is 6.36. The van der Waals surface area contributed by atoms with Crippen molar-refractivity contribution in [3.05, 3.63) is 29.8 Å². The molecule has 0 bridgehead atoms. The van der Waals surface area contributed by atoms with Crippen LogP contribution in [0.4, 0.5) is 0 Å². The minimum absolute atomic E-state index is 0.0169. The zero-order chi connectivity index (χ0) is 16.1. The van der Waals surface area contributed by atoms with Gasteiger partial charge >= 0.3 is 5.97 Å². The Kier molecular flexibility index (Phi) is 5.47. The van der Waals surface area contributed by atoms with Crippen LogP contribution in [0.2, 0.25) is 0 Å². The van der Waals surface area contributed by atoms with Gasteiger partial charge in [-0.15, -0.1) is 0 Å². The number of carbonyl (C=O) groups is 1. The zero-order valence-electron chi connectivity index (χ0n) is 12.0. The van der Waals surface area contributed by atoms with Gasteiger partial charge in [0.2, 0.25) is 10.0 Å². The van der Waals surface area contributed by atoms with E-state index in [0.717, 1.165) is 0 Å². The number of benzene rings is 1. The quantitative estimate of drug-likeness (QED) is 0.796. The molecule has 0 atom stereocenters. The third-order valence-electron chi connectivity index (χ3n) is 3.46. The van der Waals surface area contributed by atoms with Crippen molar-refractivity contribution in [2.24, 2.45) is 0 Å². The van der Waals surface area contributed by atoms with Gasteiger partial charge < -0.3 is 5.11 Å². The summed E-state index contributed by atoms with van der Waals surface area (Å²) in [6.45, 7) is 3.24. The Morgan fingerprint density at radius 2 is 1.81 bits per heavy atom. The Hall–Kier alpha value is -1.91. The Bertz CT molecular complexity index is 641. The fraction of sp³-hybridized carbons (Fsp3) is 0.429. The molecule has 0 aliphatic heterocycles. The molecule has 0 unspecified atom stereocenters. The van der Waals surface area contributed by atoms with Gasteiger partial charge in [0, 0.05) is 0 Å². The van der Waals surface area contributed by atoms with Crippen LogP contribution in [-0.4, -0.2) is 25.0 Å². The summed E-state index contributed by atoms with van der Waals surface area (Å²) in [7, 11) is -3.93. The van der Waals surface area contributed by atoms with Crippen LogP contribution in [0.3, 0.4) is 0 Å². The molecule has 0 aliphatic carbocycles. The van der Waals surface area contributed by atoms with E-state index in [9.17, 15) is 18.3 Å². The molecule has 0 saturated heterocycles. The lowest BCUT2D eigenvalue weighted by Gasteiger charge is -2.27. The summed E-state index contributed by atoms with van der Waals surface area (Å²) >= 11 is 0. The average Bonchev–Trinajstić information content (AvgIpc) is 2.45. The SMILES string of the molecule is CCC(CC)(NS(=O)(=O)c1ccc(CC#N)cc1)C(=O)O. The maximum absolute atomic E-state index is 12.3. The highest BCUT2D eigenvalue weighted by Crippen LogP contribution is 2.20. The first kappa shape index (κ1) is 17.1. The van der Waals surface area contributed by atoms with Gasteiger partial charge in [-0.1, -0.05) is 26.0 Å². The average molecular weight is 310 g/mol. The van der Waals surface area contributed by atoms with Crippen LogP contribution in [0.15, 0.2) is 29.2 Å². The highest BCUT2D eigenvalue weighted by atomic mass is 32.2. The summed E-state index contributed by atoms with van der Waals surface area (Å²) in [5, 5.41) is 17.9. The van der Waals surface area contributed by atoms with Gasteiger partial charge in [0.1, 0.15) is 5.54 Å². The van der Waals surface area contributed by atoms with Crippen molar-refractivity contribution in [2.45, 2.75) is 43.5 Å². The molecule has 1 aromatic rings. The lowest BCUT2D eigenvalue weighted by Crippen LogP contribution is -2.53. The van der Waals surface area contributed by atoms with Crippen molar-refractivity contribution >= 4 is 16.0 Å². The fourth-order valence-electron chi connectivity index (χ4n) is 1.93. The topological polar surface area (TPSA) is 107 Å². The number of hydrogen-bond donors (Lipinski definition) is 2. The molecule has 7 heteroatoms. The van der Waals surface area contributed by atoms with E-state index in [2.05, 4.69) is 4.72 Å². The van der Waals surface area contributed by atoms with Crippen LogP contribution in [0.25, 0.3) is 0 Å². The molecule has 1 rings (SSSR count). The Morgan fingerprint density at radius 1 is 1.29 bits per heavy atom. The molecule has 0 fully saturated rings. The molecule has 0 spiro atoms. The number of nitrogens with one attached hydrogen (secondary N) is 1. The number of hydrogen-bond acceptors (Lipinski definition) is 4. The van der Waals surface area contributed by atoms with E-state index in [0.29, 0.717) is 5.56 Å². The molecule has 2 N–H and O–H groups in total. The normalized spacial score (nSPS) is 11.9. The van der Waals surface area contributed by atoms with E-state index in [1.165, 1.54) is 24.3 Å². The van der Waals surface area contributed by atoms with Gasteiger partial charge in [-0.2, -0.15) is 9.98 Å². The molecule has 6 nitrogen and oxygen atoms in total. The van der Waals surface area contributed by atoms with E-state index in [1.54, 1.807) is 13.8 Å². The first-order valence-electron chi connectivity index (χ1n) is 6.54. The Labute approximate surface area is 124 Å². The van der Waals surface area contributed by atoms with Gasteiger partial charge in [-0.3, -0.25) is 4.79 Å². The first-order chi connectivity index (χ1) is 9.81. The number of nitriles is 1.